The number of hydrogen-bond acceptors (Lipinski definition) is 3. The zero-order valence-electron chi connectivity index (χ0n) is 9.46. The Hall–Kier alpha value is -0.930. The summed E-state index contributed by atoms with van der Waals surface area (Å²) in [5.41, 5.74) is 7.96. The molecule has 3 heteroatoms. The molecule has 0 aromatic carbocycles. The van der Waals surface area contributed by atoms with Gasteiger partial charge in [0.15, 0.2) is 0 Å². The van der Waals surface area contributed by atoms with Crippen LogP contribution in [0.5, 0.6) is 0 Å². The quantitative estimate of drug-likeness (QED) is 0.783. The lowest BCUT2D eigenvalue weighted by Gasteiger charge is -2.19. The summed E-state index contributed by atoms with van der Waals surface area (Å²) in [6.45, 7) is 4.92. The predicted octanol–water partition coefficient (Wildman–Crippen LogP) is 1.53. The van der Waals surface area contributed by atoms with Crippen LogP contribution in [0.3, 0.4) is 0 Å². The summed E-state index contributed by atoms with van der Waals surface area (Å²) in [6.07, 6.45) is 4.28. The van der Waals surface area contributed by atoms with Crippen LogP contribution < -0.4 is 11.1 Å². The molecule has 3 nitrogen and oxygen atoms in total. The molecule has 0 unspecified atom stereocenters. The van der Waals surface area contributed by atoms with Gasteiger partial charge in [-0.05, 0) is 38.3 Å². The van der Waals surface area contributed by atoms with Crippen molar-refractivity contribution in [2.75, 3.05) is 0 Å². The number of aromatic nitrogens is 1. The normalized spacial score (nSPS) is 18.1. The third-order valence-corrected chi connectivity index (χ3v) is 2.87. The first-order chi connectivity index (χ1) is 7.16. The highest BCUT2D eigenvalue weighted by molar-refractivity contribution is 5.25. The van der Waals surface area contributed by atoms with Gasteiger partial charge in [-0.25, -0.2) is 0 Å². The van der Waals surface area contributed by atoms with E-state index in [-0.39, 0.29) is 5.54 Å². The van der Waals surface area contributed by atoms with E-state index in [0.717, 1.165) is 11.3 Å². The molecule has 82 valence electrons. The van der Waals surface area contributed by atoms with Crippen LogP contribution in [-0.4, -0.2) is 11.0 Å². The molecule has 1 saturated carbocycles. The van der Waals surface area contributed by atoms with Crippen LogP contribution in [0.1, 0.15) is 37.9 Å². The molecular weight excluding hydrogens is 186 g/mol. The highest BCUT2D eigenvalue weighted by Crippen LogP contribution is 2.44. The molecule has 1 aliphatic carbocycles. The highest BCUT2D eigenvalue weighted by Gasteiger charge is 2.45. The molecular formula is C12H19N3. The number of nitrogens with one attached hydrogen (secondary N) is 1. The van der Waals surface area contributed by atoms with Crippen molar-refractivity contribution in [3.63, 3.8) is 0 Å². The van der Waals surface area contributed by atoms with Crippen molar-refractivity contribution in [1.29, 1.82) is 0 Å². The molecule has 2 rings (SSSR count). The van der Waals surface area contributed by atoms with E-state index in [1.54, 1.807) is 0 Å². The van der Waals surface area contributed by atoms with Gasteiger partial charge in [0.1, 0.15) is 0 Å². The van der Waals surface area contributed by atoms with Gasteiger partial charge in [-0.1, -0.05) is 6.07 Å². The molecule has 0 amide bonds. The fraction of sp³-hybridized carbons (Fsp3) is 0.583. The Morgan fingerprint density at radius 1 is 1.47 bits per heavy atom. The Kier molecular flexibility index (Phi) is 2.76. The Morgan fingerprint density at radius 2 is 2.20 bits per heavy atom. The molecule has 0 bridgehead atoms. The molecule has 1 aromatic rings. The van der Waals surface area contributed by atoms with E-state index in [0.29, 0.717) is 12.6 Å². The van der Waals surface area contributed by atoms with Crippen molar-refractivity contribution in [1.82, 2.24) is 10.3 Å². The van der Waals surface area contributed by atoms with Crippen LogP contribution in [0.4, 0.5) is 0 Å². The van der Waals surface area contributed by atoms with Crippen molar-refractivity contribution in [3.8, 4) is 0 Å². The maximum absolute atomic E-state index is 5.55. The average molecular weight is 205 g/mol. The summed E-state index contributed by atoms with van der Waals surface area (Å²) in [4.78, 5) is 4.49. The second kappa shape index (κ2) is 3.91. The van der Waals surface area contributed by atoms with Gasteiger partial charge >= 0.3 is 0 Å². The van der Waals surface area contributed by atoms with Gasteiger partial charge in [-0.2, -0.15) is 0 Å². The first kappa shape index (κ1) is 10.6. The zero-order valence-corrected chi connectivity index (χ0v) is 9.46. The summed E-state index contributed by atoms with van der Waals surface area (Å²) >= 11 is 0. The van der Waals surface area contributed by atoms with E-state index in [1.165, 1.54) is 12.8 Å². The van der Waals surface area contributed by atoms with Gasteiger partial charge in [0.25, 0.3) is 0 Å². The monoisotopic (exact) mass is 205 g/mol. The van der Waals surface area contributed by atoms with E-state index >= 15 is 0 Å². The second-order valence-corrected chi connectivity index (χ2v) is 4.64. The van der Waals surface area contributed by atoms with Gasteiger partial charge in [-0.3, -0.25) is 4.98 Å². The fourth-order valence-electron chi connectivity index (χ4n) is 1.98. The van der Waals surface area contributed by atoms with Crippen LogP contribution >= 0.6 is 0 Å². The van der Waals surface area contributed by atoms with Crippen molar-refractivity contribution in [3.05, 3.63) is 29.6 Å². The van der Waals surface area contributed by atoms with Crippen LogP contribution in [0.15, 0.2) is 18.3 Å². The van der Waals surface area contributed by atoms with E-state index in [2.05, 4.69) is 36.3 Å². The van der Waals surface area contributed by atoms with E-state index in [4.69, 9.17) is 5.73 Å². The fourth-order valence-corrected chi connectivity index (χ4v) is 1.98. The molecule has 0 spiro atoms. The summed E-state index contributed by atoms with van der Waals surface area (Å²) in [5, 5.41) is 3.59. The first-order valence-corrected chi connectivity index (χ1v) is 5.59. The smallest absolute Gasteiger partial charge is 0.0612 e. The Labute approximate surface area is 91.1 Å². The maximum Gasteiger partial charge on any atom is 0.0612 e. The van der Waals surface area contributed by atoms with Crippen LogP contribution in [0.2, 0.25) is 0 Å². The summed E-state index contributed by atoms with van der Waals surface area (Å²) in [6, 6.07) is 4.68. The van der Waals surface area contributed by atoms with Crippen molar-refractivity contribution >= 4 is 0 Å². The van der Waals surface area contributed by atoms with Crippen molar-refractivity contribution < 1.29 is 0 Å². The highest BCUT2D eigenvalue weighted by atomic mass is 15.1. The number of hydrogen-bond donors (Lipinski definition) is 2. The summed E-state index contributed by atoms with van der Waals surface area (Å²) in [5.74, 6) is 0. The number of pyridine rings is 1. The minimum absolute atomic E-state index is 0.154. The second-order valence-electron chi connectivity index (χ2n) is 4.64. The maximum atomic E-state index is 5.55. The molecule has 1 aromatic heterocycles. The van der Waals surface area contributed by atoms with Crippen LogP contribution in [-0.2, 0) is 12.1 Å². The number of nitrogens with zero attached hydrogens (tertiary/aromatic N) is 1. The Balaban J connectivity index is 2.15. The first-order valence-electron chi connectivity index (χ1n) is 5.59. The summed E-state index contributed by atoms with van der Waals surface area (Å²) < 4.78 is 0. The third kappa shape index (κ3) is 2.19. The Bertz CT molecular complexity index is 325. The third-order valence-electron chi connectivity index (χ3n) is 2.87. The SMILES string of the molecule is CC(C)NC1(c2ccc(CN)cn2)CC1. The molecule has 0 atom stereocenters. The predicted molar refractivity (Wildman–Crippen MR) is 61.3 cm³/mol. The lowest BCUT2D eigenvalue weighted by Crippen LogP contribution is -2.35. The zero-order chi connectivity index (χ0) is 10.9. The molecule has 3 N–H and O–H groups in total. The van der Waals surface area contributed by atoms with Crippen LogP contribution in [0, 0.1) is 0 Å². The summed E-state index contributed by atoms with van der Waals surface area (Å²) in [7, 11) is 0. The molecule has 1 fully saturated rings. The number of rotatable bonds is 4. The minimum atomic E-state index is 0.154. The molecule has 1 aliphatic rings. The van der Waals surface area contributed by atoms with Crippen LogP contribution in [0.25, 0.3) is 0 Å². The van der Waals surface area contributed by atoms with Crippen molar-refractivity contribution in [2.45, 2.75) is 44.8 Å². The van der Waals surface area contributed by atoms with Gasteiger partial charge in [0.05, 0.1) is 11.2 Å². The lowest BCUT2D eigenvalue weighted by atomic mass is 10.1. The minimum Gasteiger partial charge on any atom is -0.326 e. The van der Waals surface area contributed by atoms with E-state index in [9.17, 15) is 0 Å². The molecule has 15 heavy (non-hydrogen) atoms. The number of nitrogens with two attached hydrogens (primary N) is 1. The standard InChI is InChI=1S/C12H19N3/c1-9(2)15-12(5-6-12)11-4-3-10(7-13)8-14-11/h3-4,8-9,15H,5-7,13H2,1-2H3. The topological polar surface area (TPSA) is 50.9 Å². The average Bonchev–Trinajstić information content (AvgIpc) is 2.98. The van der Waals surface area contributed by atoms with Gasteiger partial charge < -0.3 is 11.1 Å². The van der Waals surface area contributed by atoms with Crippen molar-refractivity contribution in [2.24, 2.45) is 5.73 Å². The molecule has 1 heterocycles. The van der Waals surface area contributed by atoms with E-state index in [1.807, 2.05) is 6.20 Å². The van der Waals surface area contributed by atoms with Gasteiger partial charge in [0, 0.05) is 18.8 Å². The largest absolute Gasteiger partial charge is 0.326 e. The molecule has 0 radical (unpaired) electrons. The van der Waals surface area contributed by atoms with E-state index < -0.39 is 0 Å². The molecule has 0 aliphatic heterocycles. The van der Waals surface area contributed by atoms with Gasteiger partial charge in [-0.15, -0.1) is 0 Å². The Morgan fingerprint density at radius 3 is 2.60 bits per heavy atom. The van der Waals surface area contributed by atoms with Gasteiger partial charge in [0.2, 0.25) is 0 Å². The lowest BCUT2D eigenvalue weighted by molar-refractivity contribution is 0.452. The molecule has 0 saturated heterocycles.